The first-order valence-electron chi connectivity index (χ1n) is 4.77. The minimum Gasteiger partial charge on any atom is -0.295 e. The highest BCUT2D eigenvalue weighted by Crippen LogP contribution is 2.39. The molecule has 0 aromatic carbocycles. The van der Waals surface area contributed by atoms with Gasteiger partial charge in [-0.1, -0.05) is 20.8 Å². The molecule has 13 heavy (non-hydrogen) atoms. The van der Waals surface area contributed by atoms with Gasteiger partial charge in [0.05, 0.1) is 0 Å². The summed E-state index contributed by atoms with van der Waals surface area (Å²) in [5.74, 6) is 0.374. The molecule has 0 radical (unpaired) electrons. The predicted molar refractivity (Wildman–Crippen MR) is 58.9 cm³/mol. The van der Waals surface area contributed by atoms with Crippen LogP contribution in [0.5, 0.6) is 0 Å². The van der Waals surface area contributed by atoms with E-state index in [0.717, 1.165) is 24.8 Å². The van der Waals surface area contributed by atoms with Crippen molar-refractivity contribution >= 4 is 17.5 Å². The zero-order valence-electron chi connectivity index (χ0n) is 8.94. The summed E-state index contributed by atoms with van der Waals surface area (Å²) in [5.41, 5.74) is 1.23. The van der Waals surface area contributed by atoms with Crippen LogP contribution < -0.4 is 0 Å². The van der Waals surface area contributed by atoms with E-state index in [-0.39, 0.29) is 5.41 Å². The molecular weight excluding hydrogens is 180 g/mol. The molecule has 0 bridgehead atoms. The first kappa shape index (κ1) is 10.8. The molecule has 0 amide bonds. The highest BCUT2D eigenvalue weighted by atomic mass is 32.2. The Labute approximate surface area is 85.0 Å². The smallest absolute Gasteiger partial charge is 0.159 e. The van der Waals surface area contributed by atoms with Crippen molar-refractivity contribution in [3.05, 3.63) is 10.5 Å². The van der Waals surface area contributed by atoms with Crippen molar-refractivity contribution in [1.82, 2.24) is 0 Å². The molecule has 0 aromatic heterocycles. The summed E-state index contributed by atoms with van der Waals surface area (Å²) in [6.07, 6.45) is 4.87. The average molecular weight is 198 g/mol. The largest absolute Gasteiger partial charge is 0.295 e. The standard InChI is InChI=1S/C11H18OS/c1-11(2,3)10(13-4)8-6-5-7-9(8)12/h5-7H2,1-4H3/b10-8+. The van der Waals surface area contributed by atoms with E-state index in [1.807, 2.05) is 0 Å². The van der Waals surface area contributed by atoms with Crippen LogP contribution in [-0.2, 0) is 4.79 Å². The van der Waals surface area contributed by atoms with Gasteiger partial charge in [-0.2, -0.15) is 0 Å². The van der Waals surface area contributed by atoms with Crippen LogP contribution in [0.3, 0.4) is 0 Å². The Balaban J connectivity index is 3.04. The number of allylic oxidation sites excluding steroid dienone is 2. The van der Waals surface area contributed by atoms with Crippen molar-refractivity contribution in [2.24, 2.45) is 5.41 Å². The molecule has 0 heterocycles. The van der Waals surface area contributed by atoms with E-state index in [2.05, 4.69) is 27.0 Å². The maximum Gasteiger partial charge on any atom is 0.159 e. The molecule has 2 heteroatoms. The van der Waals surface area contributed by atoms with E-state index in [1.165, 1.54) is 4.91 Å². The Bertz CT molecular complexity index is 245. The fourth-order valence-electron chi connectivity index (χ4n) is 1.84. The summed E-state index contributed by atoms with van der Waals surface area (Å²) in [6, 6.07) is 0. The molecule has 1 fully saturated rings. The number of rotatable bonds is 1. The topological polar surface area (TPSA) is 17.1 Å². The molecule has 1 saturated carbocycles. The van der Waals surface area contributed by atoms with Gasteiger partial charge in [0.1, 0.15) is 0 Å². The second-order valence-electron chi connectivity index (χ2n) is 4.54. The van der Waals surface area contributed by atoms with Crippen LogP contribution in [0, 0.1) is 5.41 Å². The third kappa shape index (κ3) is 2.37. The van der Waals surface area contributed by atoms with Crippen molar-refractivity contribution in [1.29, 1.82) is 0 Å². The van der Waals surface area contributed by atoms with Crippen LogP contribution in [0.1, 0.15) is 40.0 Å². The third-order valence-electron chi connectivity index (χ3n) is 2.33. The summed E-state index contributed by atoms with van der Waals surface area (Å²) < 4.78 is 0. The zero-order valence-corrected chi connectivity index (χ0v) is 9.75. The van der Waals surface area contributed by atoms with Gasteiger partial charge >= 0.3 is 0 Å². The van der Waals surface area contributed by atoms with Crippen LogP contribution in [0.25, 0.3) is 0 Å². The number of carbonyl (C=O) groups excluding carboxylic acids is 1. The lowest BCUT2D eigenvalue weighted by atomic mass is 9.92. The van der Waals surface area contributed by atoms with Gasteiger partial charge in [0.2, 0.25) is 0 Å². The number of carbonyl (C=O) groups is 1. The van der Waals surface area contributed by atoms with Crippen LogP contribution >= 0.6 is 11.8 Å². The molecule has 1 aliphatic carbocycles. The Kier molecular flexibility index (Phi) is 3.23. The van der Waals surface area contributed by atoms with E-state index < -0.39 is 0 Å². The van der Waals surface area contributed by atoms with E-state index in [9.17, 15) is 4.79 Å². The monoisotopic (exact) mass is 198 g/mol. The number of Topliss-reactive ketones (excluding diaryl/α,β-unsaturated/α-hetero) is 1. The molecule has 0 aliphatic heterocycles. The summed E-state index contributed by atoms with van der Waals surface area (Å²) in [6.45, 7) is 6.53. The van der Waals surface area contributed by atoms with Crippen molar-refractivity contribution < 1.29 is 4.79 Å². The highest BCUT2D eigenvalue weighted by Gasteiger charge is 2.27. The predicted octanol–water partition coefficient (Wildman–Crippen LogP) is 3.40. The maximum atomic E-state index is 11.6. The van der Waals surface area contributed by atoms with E-state index in [1.54, 1.807) is 11.8 Å². The summed E-state index contributed by atoms with van der Waals surface area (Å²) in [5, 5.41) is 0. The Morgan fingerprint density at radius 3 is 2.23 bits per heavy atom. The van der Waals surface area contributed by atoms with Crippen LogP contribution in [0.4, 0.5) is 0 Å². The third-order valence-corrected chi connectivity index (χ3v) is 3.59. The SMILES string of the molecule is CS/C(=C1\CCCC1=O)C(C)(C)C. The van der Waals surface area contributed by atoms with Crippen molar-refractivity contribution in [3.63, 3.8) is 0 Å². The van der Waals surface area contributed by atoms with Gasteiger partial charge in [-0.15, -0.1) is 11.8 Å². The van der Waals surface area contributed by atoms with E-state index in [4.69, 9.17) is 0 Å². The molecular formula is C11H18OS. The van der Waals surface area contributed by atoms with Gasteiger partial charge in [-0.3, -0.25) is 4.79 Å². The summed E-state index contributed by atoms with van der Waals surface area (Å²) >= 11 is 1.74. The van der Waals surface area contributed by atoms with Crippen LogP contribution in [-0.4, -0.2) is 12.0 Å². The molecule has 1 nitrogen and oxygen atoms in total. The lowest BCUT2D eigenvalue weighted by Crippen LogP contribution is -2.11. The Hall–Kier alpha value is -0.240. The van der Waals surface area contributed by atoms with Gasteiger partial charge in [-0.25, -0.2) is 0 Å². The highest BCUT2D eigenvalue weighted by molar-refractivity contribution is 8.02. The molecule has 0 spiro atoms. The Morgan fingerprint density at radius 1 is 1.31 bits per heavy atom. The first-order chi connectivity index (χ1) is 5.96. The lowest BCUT2D eigenvalue weighted by Gasteiger charge is -2.23. The maximum absolute atomic E-state index is 11.6. The summed E-state index contributed by atoms with van der Waals surface area (Å²) in [7, 11) is 0. The number of ketones is 1. The zero-order chi connectivity index (χ0) is 10.1. The van der Waals surface area contributed by atoms with Gasteiger partial charge in [0.25, 0.3) is 0 Å². The van der Waals surface area contributed by atoms with Gasteiger partial charge < -0.3 is 0 Å². The fourth-order valence-corrected chi connectivity index (χ4v) is 2.91. The first-order valence-corrected chi connectivity index (χ1v) is 6.00. The van der Waals surface area contributed by atoms with Crippen LogP contribution in [0.2, 0.25) is 0 Å². The second kappa shape index (κ2) is 3.87. The van der Waals surface area contributed by atoms with Crippen molar-refractivity contribution in [2.75, 3.05) is 6.26 Å². The average Bonchev–Trinajstić information content (AvgIpc) is 2.35. The summed E-state index contributed by atoms with van der Waals surface area (Å²) in [4.78, 5) is 12.8. The molecule has 0 N–H and O–H groups in total. The number of hydrogen-bond acceptors (Lipinski definition) is 2. The minimum absolute atomic E-state index is 0.134. The number of hydrogen-bond donors (Lipinski definition) is 0. The molecule has 0 aromatic rings. The fraction of sp³-hybridized carbons (Fsp3) is 0.727. The molecule has 0 unspecified atom stereocenters. The van der Waals surface area contributed by atoms with Crippen molar-refractivity contribution in [2.45, 2.75) is 40.0 Å². The normalized spacial score (nSPS) is 22.3. The van der Waals surface area contributed by atoms with Gasteiger partial charge in [0, 0.05) is 12.0 Å². The molecule has 0 saturated heterocycles. The van der Waals surface area contributed by atoms with Crippen molar-refractivity contribution in [3.8, 4) is 0 Å². The Morgan fingerprint density at radius 2 is 1.92 bits per heavy atom. The minimum atomic E-state index is 0.134. The quantitative estimate of drug-likeness (QED) is 0.601. The molecule has 1 rings (SSSR count). The molecule has 0 atom stereocenters. The van der Waals surface area contributed by atoms with Gasteiger partial charge in [-0.05, 0) is 29.4 Å². The molecule has 74 valence electrons. The van der Waals surface area contributed by atoms with E-state index in [0.29, 0.717) is 5.78 Å². The second-order valence-corrected chi connectivity index (χ2v) is 5.36. The van der Waals surface area contributed by atoms with Gasteiger partial charge in [0.15, 0.2) is 5.78 Å². The van der Waals surface area contributed by atoms with E-state index >= 15 is 0 Å². The number of thioether (sulfide) groups is 1. The van der Waals surface area contributed by atoms with Crippen LogP contribution in [0.15, 0.2) is 10.5 Å². The lowest BCUT2D eigenvalue weighted by molar-refractivity contribution is -0.114. The molecule has 1 aliphatic rings.